The zero-order chi connectivity index (χ0) is 14.0. The van der Waals surface area contributed by atoms with Crippen LogP contribution in [-0.4, -0.2) is 29.5 Å². The largest absolute Gasteiger partial charge is 0.478 e. The summed E-state index contributed by atoms with van der Waals surface area (Å²) < 4.78 is 39.1. The Morgan fingerprint density at radius 3 is 2.74 bits per heavy atom. The molecule has 2 aromatic rings. The minimum absolute atomic E-state index is 0.299. The lowest BCUT2D eigenvalue weighted by Gasteiger charge is -2.09. The maximum Gasteiger partial charge on any atom is 0.337 e. The lowest BCUT2D eigenvalue weighted by Crippen LogP contribution is -2.17. The number of anilines is 1. The topological polar surface area (TPSA) is 112 Å². The highest BCUT2D eigenvalue weighted by Crippen LogP contribution is 2.22. The summed E-state index contributed by atoms with van der Waals surface area (Å²) in [5.41, 5.74) is -1.10. The minimum Gasteiger partial charge on any atom is -0.478 e. The van der Waals surface area contributed by atoms with Gasteiger partial charge in [-0.25, -0.2) is 14.2 Å². The number of hydrogen-bond donors (Lipinski definition) is 3. The smallest absolute Gasteiger partial charge is 0.337 e. The standard InChI is InChI=1S/C10H8FN3O4S/c11-7-3-1-2-6(10(15)16)9(7)14-19(17,18)8-4-12-5-13-8/h1-5,14H,(H,12,13)(H,15,16). The Balaban J connectivity index is 2.48. The van der Waals surface area contributed by atoms with E-state index in [1.54, 1.807) is 0 Å². The van der Waals surface area contributed by atoms with E-state index in [1.165, 1.54) is 6.07 Å². The molecule has 1 aromatic heterocycles. The van der Waals surface area contributed by atoms with Gasteiger partial charge in [0.25, 0.3) is 10.0 Å². The van der Waals surface area contributed by atoms with Crippen molar-refractivity contribution in [3.8, 4) is 0 Å². The van der Waals surface area contributed by atoms with Crippen LogP contribution in [0.3, 0.4) is 0 Å². The first-order valence-corrected chi connectivity index (χ1v) is 6.43. The fourth-order valence-electron chi connectivity index (χ4n) is 1.39. The fourth-order valence-corrected chi connectivity index (χ4v) is 2.38. The van der Waals surface area contributed by atoms with Gasteiger partial charge in [-0.3, -0.25) is 4.72 Å². The number of rotatable bonds is 4. The van der Waals surface area contributed by atoms with Gasteiger partial charge < -0.3 is 10.1 Å². The predicted octanol–water partition coefficient (Wildman–Crippen LogP) is 1.05. The highest BCUT2D eigenvalue weighted by Gasteiger charge is 2.22. The van der Waals surface area contributed by atoms with E-state index in [2.05, 4.69) is 9.97 Å². The van der Waals surface area contributed by atoms with Crippen LogP contribution in [0.25, 0.3) is 0 Å². The van der Waals surface area contributed by atoms with E-state index >= 15 is 0 Å². The number of para-hydroxylation sites is 1. The Morgan fingerprint density at radius 1 is 1.42 bits per heavy atom. The summed E-state index contributed by atoms with van der Waals surface area (Å²) >= 11 is 0. The molecule has 0 atom stereocenters. The third-order valence-electron chi connectivity index (χ3n) is 2.24. The Labute approximate surface area is 107 Å². The third-order valence-corrected chi connectivity index (χ3v) is 3.52. The van der Waals surface area contributed by atoms with Crippen molar-refractivity contribution in [2.24, 2.45) is 0 Å². The molecule has 2 rings (SSSR count). The second kappa shape index (κ2) is 4.69. The number of benzene rings is 1. The molecule has 0 saturated heterocycles. The van der Waals surface area contributed by atoms with Gasteiger partial charge in [-0.2, -0.15) is 8.42 Å². The molecule has 7 nitrogen and oxygen atoms in total. The van der Waals surface area contributed by atoms with Crippen LogP contribution in [0.2, 0.25) is 0 Å². The summed E-state index contributed by atoms with van der Waals surface area (Å²) in [6, 6.07) is 3.22. The Bertz CT molecular complexity index is 712. The Kier molecular flexibility index (Phi) is 3.21. The number of halogens is 1. The van der Waals surface area contributed by atoms with Crippen molar-refractivity contribution in [1.29, 1.82) is 0 Å². The number of sulfonamides is 1. The number of hydrogen-bond acceptors (Lipinski definition) is 4. The molecule has 100 valence electrons. The molecule has 0 aliphatic heterocycles. The Hall–Kier alpha value is -2.42. The molecule has 1 heterocycles. The summed E-state index contributed by atoms with van der Waals surface area (Å²) in [6.45, 7) is 0. The molecule has 0 unspecified atom stereocenters. The number of H-pyrrole nitrogens is 1. The van der Waals surface area contributed by atoms with Crippen LogP contribution in [0.1, 0.15) is 10.4 Å². The molecular formula is C10H8FN3O4S. The number of imidazole rings is 1. The van der Waals surface area contributed by atoms with Crippen LogP contribution in [0.4, 0.5) is 10.1 Å². The second-order valence-electron chi connectivity index (χ2n) is 3.49. The van der Waals surface area contributed by atoms with Crippen molar-refractivity contribution in [2.45, 2.75) is 5.03 Å². The molecule has 0 aliphatic carbocycles. The van der Waals surface area contributed by atoms with Gasteiger partial charge in [0.2, 0.25) is 0 Å². The highest BCUT2D eigenvalue weighted by molar-refractivity contribution is 7.92. The van der Waals surface area contributed by atoms with Gasteiger partial charge in [0.15, 0.2) is 5.03 Å². The van der Waals surface area contributed by atoms with E-state index < -0.39 is 33.1 Å². The fraction of sp³-hybridized carbons (Fsp3) is 0. The van der Waals surface area contributed by atoms with Gasteiger partial charge in [0.05, 0.1) is 23.8 Å². The highest BCUT2D eigenvalue weighted by atomic mass is 32.2. The minimum atomic E-state index is -4.12. The van der Waals surface area contributed by atoms with Crippen molar-refractivity contribution in [1.82, 2.24) is 9.97 Å². The van der Waals surface area contributed by atoms with Crippen LogP contribution in [0, 0.1) is 5.82 Å². The number of carboxylic acid groups (broad SMARTS) is 1. The maximum atomic E-state index is 13.6. The van der Waals surface area contributed by atoms with E-state index in [9.17, 15) is 17.6 Å². The van der Waals surface area contributed by atoms with Gasteiger partial charge in [0, 0.05) is 0 Å². The van der Waals surface area contributed by atoms with Crippen molar-refractivity contribution < 1.29 is 22.7 Å². The zero-order valence-corrected chi connectivity index (χ0v) is 10.1. The SMILES string of the molecule is O=C(O)c1cccc(F)c1NS(=O)(=O)c1cnc[nH]1. The summed E-state index contributed by atoms with van der Waals surface area (Å²) in [5, 5.41) is 8.60. The van der Waals surface area contributed by atoms with Gasteiger partial charge in [-0.1, -0.05) is 6.07 Å². The van der Waals surface area contributed by atoms with E-state index in [4.69, 9.17) is 5.11 Å². The number of nitrogens with one attached hydrogen (secondary N) is 2. The molecule has 0 fully saturated rings. The van der Waals surface area contributed by atoms with Gasteiger partial charge >= 0.3 is 5.97 Å². The number of aromatic carboxylic acids is 1. The monoisotopic (exact) mass is 285 g/mol. The number of aromatic nitrogens is 2. The molecule has 0 saturated carbocycles. The molecule has 9 heteroatoms. The maximum absolute atomic E-state index is 13.6. The van der Waals surface area contributed by atoms with E-state index in [0.717, 1.165) is 24.7 Å². The van der Waals surface area contributed by atoms with Gasteiger partial charge in [-0.05, 0) is 12.1 Å². The van der Waals surface area contributed by atoms with Crippen molar-refractivity contribution in [2.75, 3.05) is 4.72 Å². The van der Waals surface area contributed by atoms with Crippen LogP contribution >= 0.6 is 0 Å². The van der Waals surface area contributed by atoms with Crippen LogP contribution in [-0.2, 0) is 10.0 Å². The van der Waals surface area contributed by atoms with Gasteiger partial charge in [-0.15, -0.1) is 0 Å². The van der Waals surface area contributed by atoms with E-state index in [-0.39, 0.29) is 5.03 Å². The first kappa shape index (κ1) is 13.0. The number of nitrogens with zero attached hydrogens (tertiary/aromatic N) is 1. The zero-order valence-electron chi connectivity index (χ0n) is 9.29. The summed E-state index contributed by atoms with van der Waals surface area (Å²) in [5.74, 6) is -2.43. The average Bonchev–Trinajstić information content (AvgIpc) is 2.85. The normalized spacial score (nSPS) is 11.2. The van der Waals surface area contributed by atoms with Crippen LogP contribution < -0.4 is 4.72 Å². The molecule has 0 spiro atoms. The quantitative estimate of drug-likeness (QED) is 0.777. The molecule has 19 heavy (non-hydrogen) atoms. The molecule has 0 aliphatic rings. The predicted molar refractivity (Wildman–Crippen MR) is 62.8 cm³/mol. The van der Waals surface area contributed by atoms with Crippen LogP contribution in [0.15, 0.2) is 35.7 Å². The first-order chi connectivity index (χ1) is 8.92. The summed E-state index contributed by atoms with van der Waals surface area (Å²) in [7, 11) is -4.12. The van der Waals surface area contributed by atoms with Crippen molar-refractivity contribution >= 4 is 21.7 Å². The molecule has 1 aromatic carbocycles. The second-order valence-corrected chi connectivity index (χ2v) is 5.14. The molecule has 3 N–H and O–H groups in total. The summed E-state index contributed by atoms with van der Waals surface area (Å²) in [6.07, 6.45) is 2.15. The average molecular weight is 285 g/mol. The number of aromatic amines is 1. The molecule has 0 amide bonds. The van der Waals surface area contributed by atoms with Crippen LogP contribution in [0.5, 0.6) is 0 Å². The van der Waals surface area contributed by atoms with E-state index in [1.807, 2.05) is 4.72 Å². The lowest BCUT2D eigenvalue weighted by molar-refractivity contribution is 0.0697. The summed E-state index contributed by atoms with van der Waals surface area (Å²) in [4.78, 5) is 16.8. The van der Waals surface area contributed by atoms with Crippen molar-refractivity contribution in [3.05, 3.63) is 42.1 Å². The Morgan fingerprint density at radius 2 is 2.16 bits per heavy atom. The molecular weight excluding hydrogens is 277 g/mol. The number of carbonyl (C=O) groups is 1. The first-order valence-electron chi connectivity index (χ1n) is 4.95. The number of carboxylic acids is 1. The van der Waals surface area contributed by atoms with Crippen molar-refractivity contribution in [3.63, 3.8) is 0 Å². The molecule has 0 bridgehead atoms. The molecule has 0 radical (unpaired) electrons. The van der Waals surface area contributed by atoms with E-state index in [0.29, 0.717) is 0 Å². The lowest BCUT2D eigenvalue weighted by atomic mass is 10.2. The third kappa shape index (κ3) is 2.55. The van der Waals surface area contributed by atoms with Gasteiger partial charge in [0.1, 0.15) is 5.82 Å².